The zero-order valence-corrected chi connectivity index (χ0v) is 12.1. The Morgan fingerprint density at radius 3 is 2.67 bits per heavy atom. The zero-order chi connectivity index (χ0) is 15.4. The van der Waals surface area contributed by atoms with Crippen LogP contribution in [-0.4, -0.2) is 40.0 Å². The maximum Gasteiger partial charge on any atom is 0.320 e. The van der Waals surface area contributed by atoms with Gasteiger partial charge in [-0.15, -0.1) is 0 Å². The highest BCUT2D eigenvalue weighted by atomic mass is 16.6. The highest BCUT2D eigenvalue weighted by Crippen LogP contribution is 2.23. The largest absolute Gasteiger partial charge is 0.480 e. The van der Waals surface area contributed by atoms with Crippen molar-refractivity contribution >= 4 is 11.7 Å². The van der Waals surface area contributed by atoms with Crippen molar-refractivity contribution in [2.75, 3.05) is 13.1 Å². The number of rotatable bonds is 5. The third kappa shape index (κ3) is 4.01. The van der Waals surface area contributed by atoms with Crippen LogP contribution in [0.3, 0.4) is 0 Å². The second kappa shape index (κ2) is 6.67. The first kappa shape index (κ1) is 15.4. The minimum Gasteiger partial charge on any atom is -0.480 e. The number of carbonyl (C=O) groups is 1. The number of hydrogen-bond donors (Lipinski definition) is 1. The molecule has 0 amide bonds. The van der Waals surface area contributed by atoms with Crippen LogP contribution < -0.4 is 0 Å². The van der Waals surface area contributed by atoms with Gasteiger partial charge in [-0.05, 0) is 37.3 Å². The first-order chi connectivity index (χ1) is 9.97. The molecular weight excluding hydrogens is 272 g/mol. The van der Waals surface area contributed by atoms with Gasteiger partial charge in [0.15, 0.2) is 0 Å². The highest BCUT2D eigenvalue weighted by Gasteiger charge is 2.31. The number of carboxylic acid groups (broad SMARTS) is 1. The molecule has 2 atom stereocenters. The Labute approximate surface area is 123 Å². The van der Waals surface area contributed by atoms with Crippen LogP contribution in [0.5, 0.6) is 0 Å². The van der Waals surface area contributed by atoms with E-state index in [0.717, 1.165) is 18.5 Å². The Hall–Kier alpha value is -1.95. The summed E-state index contributed by atoms with van der Waals surface area (Å²) in [4.78, 5) is 23.5. The van der Waals surface area contributed by atoms with Gasteiger partial charge in [0.25, 0.3) is 5.69 Å². The van der Waals surface area contributed by atoms with E-state index in [1.165, 1.54) is 12.1 Å². The Morgan fingerprint density at radius 1 is 1.43 bits per heavy atom. The predicted molar refractivity (Wildman–Crippen MR) is 78.2 cm³/mol. The number of nitrogens with zero attached hydrogens (tertiary/aromatic N) is 2. The first-order valence-corrected chi connectivity index (χ1v) is 7.17. The molecule has 2 unspecified atom stereocenters. The van der Waals surface area contributed by atoms with E-state index in [0.29, 0.717) is 25.3 Å². The predicted octanol–water partition coefficient (Wildman–Crippen LogP) is 2.32. The van der Waals surface area contributed by atoms with Crippen LogP contribution in [-0.2, 0) is 11.2 Å². The molecule has 1 aromatic rings. The SMILES string of the molecule is CC1CCN(CCc2ccc([N+](=O)[O-])cc2)C(C(=O)O)C1. The number of nitro groups is 1. The van der Waals surface area contributed by atoms with Gasteiger partial charge in [0.1, 0.15) is 6.04 Å². The summed E-state index contributed by atoms with van der Waals surface area (Å²) in [5.41, 5.74) is 1.07. The molecular formula is C15H20N2O4. The van der Waals surface area contributed by atoms with E-state index in [9.17, 15) is 20.0 Å². The lowest BCUT2D eigenvalue weighted by molar-refractivity contribution is -0.384. The van der Waals surface area contributed by atoms with Crippen LogP contribution in [0.15, 0.2) is 24.3 Å². The fraction of sp³-hybridized carbons (Fsp3) is 0.533. The minimum absolute atomic E-state index is 0.0777. The summed E-state index contributed by atoms with van der Waals surface area (Å²) in [7, 11) is 0. The second-order valence-corrected chi connectivity index (χ2v) is 5.69. The number of non-ortho nitro benzene ring substituents is 1. The van der Waals surface area contributed by atoms with Crippen LogP contribution in [0.4, 0.5) is 5.69 Å². The molecule has 114 valence electrons. The summed E-state index contributed by atoms with van der Waals surface area (Å²) in [6.07, 6.45) is 2.41. The zero-order valence-electron chi connectivity index (χ0n) is 12.1. The van der Waals surface area contributed by atoms with Crippen LogP contribution in [0, 0.1) is 16.0 Å². The fourth-order valence-corrected chi connectivity index (χ4v) is 2.77. The van der Waals surface area contributed by atoms with Crippen molar-refractivity contribution in [1.29, 1.82) is 0 Å². The van der Waals surface area contributed by atoms with Gasteiger partial charge in [-0.25, -0.2) is 0 Å². The maximum absolute atomic E-state index is 11.3. The van der Waals surface area contributed by atoms with Gasteiger partial charge in [0.05, 0.1) is 4.92 Å². The summed E-state index contributed by atoms with van der Waals surface area (Å²) in [5, 5.41) is 19.9. The molecule has 1 aliphatic heterocycles. The second-order valence-electron chi connectivity index (χ2n) is 5.69. The Kier molecular flexibility index (Phi) is 4.90. The van der Waals surface area contributed by atoms with E-state index >= 15 is 0 Å². The number of nitro benzene ring substituents is 1. The maximum atomic E-state index is 11.3. The molecule has 0 aliphatic carbocycles. The summed E-state index contributed by atoms with van der Waals surface area (Å²) >= 11 is 0. The molecule has 2 rings (SSSR count). The average molecular weight is 292 g/mol. The molecule has 0 spiro atoms. The Bertz CT molecular complexity index is 515. The van der Waals surface area contributed by atoms with Crippen LogP contribution in [0.2, 0.25) is 0 Å². The van der Waals surface area contributed by atoms with Crippen molar-refractivity contribution in [1.82, 2.24) is 4.90 Å². The number of carboxylic acids is 1. The molecule has 6 heteroatoms. The van der Waals surface area contributed by atoms with E-state index in [-0.39, 0.29) is 5.69 Å². The van der Waals surface area contributed by atoms with Crippen molar-refractivity contribution in [3.05, 3.63) is 39.9 Å². The molecule has 6 nitrogen and oxygen atoms in total. The summed E-state index contributed by atoms with van der Waals surface area (Å²) in [6, 6.07) is 6.04. The topological polar surface area (TPSA) is 83.7 Å². The quantitative estimate of drug-likeness (QED) is 0.665. The lowest BCUT2D eigenvalue weighted by Gasteiger charge is -2.35. The van der Waals surface area contributed by atoms with Crippen molar-refractivity contribution in [3.63, 3.8) is 0 Å². The molecule has 1 saturated heterocycles. The Balaban J connectivity index is 1.94. The molecule has 1 aromatic carbocycles. The third-order valence-corrected chi connectivity index (χ3v) is 4.10. The first-order valence-electron chi connectivity index (χ1n) is 7.17. The normalized spacial score (nSPS) is 22.9. The molecule has 1 N–H and O–H groups in total. The molecule has 0 aromatic heterocycles. The van der Waals surface area contributed by atoms with Gasteiger partial charge in [-0.1, -0.05) is 19.1 Å². The number of piperidine rings is 1. The molecule has 0 saturated carbocycles. The van der Waals surface area contributed by atoms with Gasteiger partial charge in [0.2, 0.25) is 0 Å². The van der Waals surface area contributed by atoms with Crippen molar-refractivity contribution < 1.29 is 14.8 Å². The van der Waals surface area contributed by atoms with Gasteiger partial charge in [-0.3, -0.25) is 19.8 Å². The van der Waals surface area contributed by atoms with Gasteiger partial charge in [0, 0.05) is 18.7 Å². The van der Waals surface area contributed by atoms with E-state index in [4.69, 9.17) is 0 Å². The number of hydrogen-bond acceptors (Lipinski definition) is 4. The third-order valence-electron chi connectivity index (χ3n) is 4.10. The Morgan fingerprint density at radius 2 is 2.10 bits per heavy atom. The van der Waals surface area contributed by atoms with E-state index in [2.05, 4.69) is 6.92 Å². The molecule has 1 aliphatic rings. The smallest absolute Gasteiger partial charge is 0.320 e. The standard InChI is InChI=1S/C15H20N2O4/c1-11-6-8-16(14(10-11)15(18)19)9-7-12-2-4-13(5-3-12)17(20)21/h2-5,11,14H,6-10H2,1H3,(H,18,19). The molecule has 21 heavy (non-hydrogen) atoms. The van der Waals surface area contributed by atoms with Crippen molar-refractivity contribution in [3.8, 4) is 0 Å². The number of aliphatic carboxylic acids is 1. The monoisotopic (exact) mass is 292 g/mol. The number of benzene rings is 1. The van der Waals surface area contributed by atoms with Crippen LogP contribution >= 0.6 is 0 Å². The van der Waals surface area contributed by atoms with E-state index < -0.39 is 16.9 Å². The summed E-state index contributed by atoms with van der Waals surface area (Å²) < 4.78 is 0. The van der Waals surface area contributed by atoms with E-state index in [1.807, 2.05) is 4.90 Å². The highest BCUT2D eigenvalue weighted by molar-refractivity contribution is 5.73. The van der Waals surface area contributed by atoms with Gasteiger partial charge >= 0.3 is 5.97 Å². The van der Waals surface area contributed by atoms with E-state index in [1.54, 1.807) is 12.1 Å². The van der Waals surface area contributed by atoms with Crippen molar-refractivity contribution in [2.45, 2.75) is 32.2 Å². The summed E-state index contributed by atoms with van der Waals surface area (Å²) in [5.74, 6) is -0.313. The minimum atomic E-state index is -0.759. The van der Waals surface area contributed by atoms with Gasteiger partial charge in [-0.2, -0.15) is 0 Å². The lowest BCUT2D eigenvalue weighted by atomic mass is 9.92. The van der Waals surface area contributed by atoms with Gasteiger partial charge < -0.3 is 5.11 Å². The van der Waals surface area contributed by atoms with Crippen LogP contribution in [0.25, 0.3) is 0 Å². The fourth-order valence-electron chi connectivity index (χ4n) is 2.77. The average Bonchev–Trinajstić information content (AvgIpc) is 2.46. The molecule has 0 radical (unpaired) electrons. The lowest BCUT2D eigenvalue weighted by Crippen LogP contribution is -2.47. The molecule has 0 bridgehead atoms. The molecule has 1 heterocycles. The van der Waals surface area contributed by atoms with Crippen molar-refractivity contribution in [2.24, 2.45) is 5.92 Å². The summed E-state index contributed by atoms with van der Waals surface area (Å²) in [6.45, 7) is 3.55. The number of likely N-dealkylation sites (tertiary alicyclic amines) is 1. The molecule has 1 fully saturated rings. The van der Waals surface area contributed by atoms with Crippen LogP contribution in [0.1, 0.15) is 25.3 Å².